The summed E-state index contributed by atoms with van der Waals surface area (Å²) >= 11 is 0. The fourth-order valence-electron chi connectivity index (χ4n) is 4.23. The van der Waals surface area contributed by atoms with Crippen LogP contribution in [0.25, 0.3) is 0 Å². The van der Waals surface area contributed by atoms with Crippen LogP contribution in [-0.2, 0) is 20.0 Å². The van der Waals surface area contributed by atoms with Crippen molar-refractivity contribution in [2.75, 3.05) is 20.2 Å². The van der Waals surface area contributed by atoms with Crippen molar-refractivity contribution in [1.82, 2.24) is 19.7 Å². The molecule has 1 aliphatic rings. The van der Waals surface area contributed by atoms with Crippen molar-refractivity contribution in [2.45, 2.75) is 38.6 Å². The van der Waals surface area contributed by atoms with Crippen LogP contribution < -0.4 is 4.74 Å². The summed E-state index contributed by atoms with van der Waals surface area (Å²) in [6.45, 7) is 5.31. The number of pyridine rings is 1. The average molecular weight is 391 g/mol. The molecule has 1 fully saturated rings. The van der Waals surface area contributed by atoms with E-state index in [2.05, 4.69) is 47.3 Å². The van der Waals surface area contributed by atoms with Gasteiger partial charge in [-0.15, -0.1) is 0 Å². The van der Waals surface area contributed by atoms with Crippen molar-refractivity contribution < 1.29 is 4.74 Å². The number of hydrogen-bond donors (Lipinski definition) is 0. The molecule has 5 nitrogen and oxygen atoms in total. The Hall–Kier alpha value is -2.66. The molecule has 0 amide bonds. The normalized spacial score (nSPS) is 15.6. The minimum absolute atomic E-state index is 0.548. The number of methoxy groups -OCH3 is 1. The van der Waals surface area contributed by atoms with Crippen molar-refractivity contribution in [3.05, 3.63) is 76.9 Å². The Kier molecular flexibility index (Phi) is 5.95. The van der Waals surface area contributed by atoms with Gasteiger partial charge in [-0.1, -0.05) is 12.1 Å². The van der Waals surface area contributed by atoms with E-state index in [1.165, 1.54) is 22.5 Å². The topological polar surface area (TPSA) is 43.2 Å². The lowest BCUT2D eigenvalue weighted by Crippen LogP contribution is -2.33. The molecule has 5 heteroatoms. The van der Waals surface area contributed by atoms with E-state index in [4.69, 9.17) is 9.72 Å². The summed E-state index contributed by atoms with van der Waals surface area (Å²) in [4.78, 5) is 7.42. The maximum absolute atomic E-state index is 5.27. The standard InChI is InChI=1S/C24H30N4O/c1-18-14-20(15-19-4-6-23(29-3)7-5-19)16-24(26-18)21-9-12-28(13-10-21)17-22-8-11-25-27(22)2/h4-8,11,14,16,21H,9-10,12-13,15,17H2,1-3H3. The molecule has 4 rings (SSSR count). The third-order valence-electron chi connectivity index (χ3n) is 5.91. The Bertz CT molecular complexity index is 940. The predicted octanol–water partition coefficient (Wildman–Crippen LogP) is 4.10. The highest BCUT2D eigenvalue weighted by Gasteiger charge is 2.22. The van der Waals surface area contributed by atoms with Crippen LogP contribution in [0.5, 0.6) is 5.75 Å². The van der Waals surface area contributed by atoms with Gasteiger partial charge in [0, 0.05) is 37.1 Å². The van der Waals surface area contributed by atoms with Crippen molar-refractivity contribution >= 4 is 0 Å². The third kappa shape index (κ3) is 4.85. The minimum Gasteiger partial charge on any atom is -0.497 e. The number of hydrogen-bond acceptors (Lipinski definition) is 4. The SMILES string of the molecule is COc1ccc(Cc2cc(C)nc(C3CCN(Cc4ccnn4C)CC3)c2)cc1. The van der Waals surface area contributed by atoms with E-state index in [0.717, 1.165) is 50.3 Å². The van der Waals surface area contributed by atoms with Crippen LogP contribution in [0.15, 0.2) is 48.7 Å². The van der Waals surface area contributed by atoms with Gasteiger partial charge in [0.05, 0.1) is 12.8 Å². The second kappa shape index (κ2) is 8.78. The van der Waals surface area contributed by atoms with Crippen molar-refractivity contribution in [3.63, 3.8) is 0 Å². The zero-order valence-corrected chi connectivity index (χ0v) is 17.6. The molecular formula is C24H30N4O. The highest BCUT2D eigenvalue weighted by Crippen LogP contribution is 2.29. The molecule has 1 saturated heterocycles. The molecule has 1 aliphatic heterocycles. The van der Waals surface area contributed by atoms with Crippen LogP contribution in [-0.4, -0.2) is 39.9 Å². The molecule has 1 aromatic carbocycles. The van der Waals surface area contributed by atoms with Gasteiger partial charge in [-0.2, -0.15) is 5.10 Å². The van der Waals surface area contributed by atoms with Crippen LogP contribution in [0.2, 0.25) is 0 Å². The van der Waals surface area contributed by atoms with Gasteiger partial charge >= 0.3 is 0 Å². The molecule has 0 saturated carbocycles. The Morgan fingerprint density at radius 3 is 2.45 bits per heavy atom. The molecular weight excluding hydrogens is 360 g/mol. The highest BCUT2D eigenvalue weighted by atomic mass is 16.5. The lowest BCUT2D eigenvalue weighted by atomic mass is 9.91. The summed E-state index contributed by atoms with van der Waals surface area (Å²) in [7, 11) is 3.72. The molecule has 3 heterocycles. The van der Waals surface area contributed by atoms with Gasteiger partial charge in [0.2, 0.25) is 0 Å². The van der Waals surface area contributed by atoms with E-state index < -0.39 is 0 Å². The van der Waals surface area contributed by atoms with Gasteiger partial charge in [-0.25, -0.2) is 0 Å². The monoisotopic (exact) mass is 390 g/mol. The average Bonchev–Trinajstić information content (AvgIpc) is 3.13. The number of ether oxygens (including phenoxy) is 1. The Labute approximate surface area is 173 Å². The summed E-state index contributed by atoms with van der Waals surface area (Å²) < 4.78 is 7.24. The van der Waals surface area contributed by atoms with Crippen LogP contribution in [0.3, 0.4) is 0 Å². The second-order valence-electron chi connectivity index (χ2n) is 8.06. The molecule has 0 spiro atoms. The maximum atomic E-state index is 5.27. The van der Waals surface area contributed by atoms with Crippen LogP contribution in [0.4, 0.5) is 0 Å². The first-order chi connectivity index (χ1) is 14.1. The van der Waals surface area contributed by atoms with Gasteiger partial charge in [-0.3, -0.25) is 14.6 Å². The van der Waals surface area contributed by atoms with Gasteiger partial charge in [0.1, 0.15) is 5.75 Å². The summed E-state index contributed by atoms with van der Waals surface area (Å²) in [5.41, 5.74) is 6.29. The number of likely N-dealkylation sites (tertiary alicyclic amines) is 1. The molecule has 3 aromatic rings. The number of nitrogens with zero attached hydrogens (tertiary/aromatic N) is 4. The molecule has 0 radical (unpaired) electrons. The highest BCUT2D eigenvalue weighted by molar-refractivity contribution is 5.33. The summed E-state index contributed by atoms with van der Waals surface area (Å²) in [5.74, 6) is 1.45. The molecule has 0 bridgehead atoms. The predicted molar refractivity (Wildman–Crippen MR) is 115 cm³/mol. The van der Waals surface area contributed by atoms with E-state index >= 15 is 0 Å². The quantitative estimate of drug-likeness (QED) is 0.635. The van der Waals surface area contributed by atoms with E-state index in [1.807, 2.05) is 30.1 Å². The number of benzene rings is 1. The molecule has 0 unspecified atom stereocenters. The smallest absolute Gasteiger partial charge is 0.118 e. The Morgan fingerprint density at radius 2 is 1.79 bits per heavy atom. The van der Waals surface area contributed by atoms with Gasteiger partial charge in [0.15, 0.2) is 0 Å². The zero-order valence-electron chi connectivity index (χ0n) is 17.6. The van der Waals surface area contributed by atoms with Crippen molar-refractivity contribution in [1.29, 1.82) is 0 Å². The lowest BCUT2D eigenvalue weighted by molar-refractivity contribution is 0.199. The van der Waals surface area contributed by atoms with Crippen LogP contribution >= 0.6 is 0 Å². The molecule has 0 N–H and O–H groups in total. The Morgan fingerprint density at radius 1 is 1.03 bits per heavy atom. The fourth-order valence-corrected chi connectivity index (χ4v) is 4.23. The minimum atomic E-state index is 0.548. The van der Waals surface area contributed by atoms with Gasteiger partial charge in [-0.05, 0) is 80.7 Å². The van der Waals surface area contributed by atoms with E-state index in [9.17, 15) is 0 Å². The first-order valence-corrected chi connectivity index (χ1v) is 10.4. The maximum Gasteiger partial charge on any atom is 0.118 e. The fraction of sp³-hybridized carbons (Fsp3) is 0.417. The van der Waals surface area contributed by atoms with E-state index in [0.29, 0.717) is 5.92 Å². The van der Waals surface area contributed by atoms with Gasteiger partial charge in [0.25, 0.3) is 0 Å². The number of aromatic nitrogens is 3. The third-order valence-corrected chi connectivity index (χ3v) is 5.91. The number of rotatable bonds is 6. The van der Waals surface area contributed by atoms with E-state index in [-0.39, 0.29) is 0 Å². The van der Waals surface area contributed by atoms with Crippen LogP contribution in [0.1, 0.15) is 47.0 Å². The summed E-state index contributed by atoms with van der Waals surface area (Å²) in [6.07, 6.45) is 5.13. The van der Waals surface area contributed by atoms with E-state index in [1.54, 1.807) is 7.11 Å². The first-order valence-electron chi connectivity index (χ1n) is 10.4. The molecule has 152 valence electrons. The number of aryl methyl sites for hydroxylation is 2. The molecule has 2 aromatic heterocycles. The molecule has 0 aliphatic carbocycles. The summed E-state index contributed by atoms with van der Waals surface area (Å²) in [5, 5.41) is 4.28. The summed E-state index contributed by atoms with van der Waals surface area (Å²) in [6, 6.07) is 15.0. The zero-order chi connectivity index (χ0) is 20.2. The lowest BCUT2D eigenvalue weighted by Gasteiger charge is -2.31. The van der Waals surface area contributed by atoms with Crippen molar-refractivity contribution in [2.24, 2.45) is 7.05 Å². The largest absolute Gasteiger partial charge is 0.497 e. The Balaban J connectivity index is 1.40. The number of piperidine rings is 1. The molecule has 29 heavy (non-hydrogen) atoms. The second-order valence-corrected chi connectivity index (χ2v) is 8.06. The van der Waals surface area contributed by atoms with Crippen LogP contribution in [0, 0.1) is 6.92 Å². The first kappa shape index (κ1) is 19.6. The van der Waals surface area contributed by atoms with Gasteiger partial charge < -0.3 is 4.74 Å². The van der Waals surface area contributed by atoms with Crippen molar-refractivity contribution in [3.8, 4) is 5.75 Å². The molecule has 0 atom stereocenters.